The molecule has 0 heterocycles. The van der Waals surface area contributed by atoms with Crippen LogP contribution in [0.25, 0.3) is 0 Å². The number of benzene rings is 1. The molecule has 0 saturated heterocycles. The summed E-state index contributed by atoms with van der Waals surface area (Å²) in [5, 5.41) is 9.08. The summed E-state index contributed by atoms with van der Waals surface area (Å²) in [5.74, 6) is 0.640. The Morgan fingerprint density at radius 1 is 1.18 bits per heavy atom. The molecule has 0 saturated carbocycles. The van der Waals surface area contributed by atoms with E-state index >= 15 is 0 Å². The maximum Gasteiger partial charge on any atom is 0.101 e. The summed E-state index contributed by atoms with van der Waals surface area (Å²) < 4.78 is 0. The first kappa shape index (κ1) is 14.2. The molecule has 0 aromatic heterocycles. The van der Waals surface area contributed by atoms with E-state index < -0.39 is 5.60 Å². The van der Waals surface area contributed by atoms with Crippen molar-refractivity contribution in [2.24, 2.45) is 5.92 Å². The number of rotatable bonds is 7. The smallest absolute Gasteiger partial charge is 0.101 e. The van der Waals surface area contributed by atoms with Crippen molar-refractivity contribution in [3.63, 3.8) is 0 Å². The lowest BCUT2D eigenvalue weighted by atomic mass is 9.89. The molecule has 17 heavy (non-hydrogen) atoms. The summed E-state index contributed by atoms with van der Waals surface area (Å²) in [6, 6.07) is 10.3. The molecule has 0 fully saturated rings. The molecule has 1 aromatic rings. The first-order chi connectivity index (χ1) is 8.06. The van der Waals surface area contributed by atoms with Crippen molar-refractivity contribution in [3.05, 3.63) is 35.9 Å². The molecule has 0 bridgehead atoms. The van der Waals surface area contributed by atoms with Gasteiger partial charge >= 0.3 is 0 Å². The Balaban J connectivity index is 2.45. The minimum absolute atomic E-state index is 0.417. The summed E-state index contributed by atoms with van der Waals surface area (Å²) in [5.41, 5.74) is 0.875. The molecule has 1 atom stereocenters. The fourth-order valence-corrected chi connectivity index (χ4v) is 1.86. The summed E-state index contributed by atoms with van der Waals surface area (Å²) in [6.07, 6.45) is 3.76. The van der Waals surface area contributed by atoms with E-state index in [1.807, 2.05) is 25.1 Å². The topological polar surface area (TPSA) is 29.5 Å². The zero-order valence-electron chi connectivity index (χ0n) is 11.1. The van der Waals surface area contributed by atoms with Crippen molar-refractivity contribution in [1.82, 2.24) is 0 Å². The van der Waals surface area contributed by atoms with Crippen LogP contribution in [0.4, 0.5) is 0 Å². The van der Waals surface area contributed by atoms with Gasteiger partial charge in [0.2, 0.25) is 0 Å². The minimum Gasteiger partial charge on any atom is -0.251 e. The minimum atomic E-state index is -0.417. The molecule has 0 aliphatic carbocycles. The molecule has 2 heteroatoms. The third-order valence-corrected chi connectivity index (χ3v) is 3.26. The predicted molar refractivity (Wildman–Crippen MR) is 71.0 cm³/mol. The third kappa shape index (κ3) is 5.33. The summed E-state index contributed by atoms with van der Waals surface area (Å²) in [7, 11) is 0. The normalized spacial score (nSPS) is 14.9. The van der Waals surface area contributed by atoms with Gasteiger partial charge in [0.25, 0.3) is 0 Å². The van der Waals surface area contributed by atoms with E-state index in [0.29, 0.717) is 5.92 Å². The second-order valence-electron chi connectivity index (χ2n) is 5.46. The van der Waals surface area contributed by atoms with Crippen LogP contribution in [0.15, 0.2) is 30.3 Å². The molecule has 0 aliphatic heterocycles. The molecule has 1 rings (SSSR count). The van der Waals surface area contributed by atoms with E-state index in [4.69, 9.17) is 10.1 Å². The van der Waals surface area contributed by atoms with E-state index in [1.54, 1.807) is 0 Å². The molecule has 1 N–H and O–H groups in total. The molecule has 2 nitrogen and oxygen atoms in total. The fraction of sp³-hybridized carbons (Fsp3) is 0.600. The zero-order valence-corrected chi connectivity index (χ0v) is 11.1. The van der Waals surface area contributed by atoms with Gasteiger partial charge < -0.3 is 0 Å². The Labute approximate surface area is 105 Å². The Morgan fingerprint density at radius 3 is 2.35 bits per heavy atom. The molecule has 1 unspecified atom stereocenters. The predicted octanol–water partition coefficient (Wildman–Crippen LogP) is 4.30. The van der Waals surface area contributed by atoms with Gasteiger partial charge in [0.1, 0.15) is 5.60 Å². The highest BCUT2D eigenvalue weighted by atomic mass is 17.1. The quantitative estimate of drug-likeness (QED) is 0.565. The Kier molecular flexibility index (Phi) is 5.66. The van der Waals surface area contributed by atoms with E-state index in [2.05, 4.69) is 26.0 Å². The Hall–Kier alpha value is -0.860. The molecule has 0 amide bonds. The summed E-state index contributed by atoms with van der Waals surface area (Å²) in [4.78, 5) is 4.71. The fourth-order valence-electron chi connectivity index (χ4n) is 1.86. The average molecular weight is 236 g/mol. The van der Waals surface area contributed by atoms with Gasteiger partial charge in [0.05, 0.1) is 0 Å². The summed E-state index contributed by atoms with van der Waals surface area (Å²) >= 11 is 0. The van der Waals surface area contributed by atoms with Crippen LogP contribution in [-0.4, -0.2) is 10.9 Å². The van der Waals surface area contributed by atoms with Crippen LogP contribution in [0.2, 0.25) is 0 Å². The number of hydrogen-bond acceptors (Lipinski definition) is 2. The zero-order chi connectivity index (χ0) is 12.7. The van der Waals surface area contributed by atoms with E-state index in [-0.39, 0.29) is 0 Å². The van der Waals surface area contributed by atoms with Gasteiger partial charge in [-0.15, -0.1) is 0 Å². The standard InChI is InChI=1S/C15H24O2/c1-13(2)9-11-15(3,17-16)12-10-14-7-5-4-6-8-14/h4-8,13,16H,9-12H2,1-3H3. The van der Waals surface area contributed by atoms with Gasteiger partial charge in [-0.1, -0.05) is 44.2 Å². The van der Waals surface area contributed by atoms with Crippen LogP contribution in [0.3, 0.4) is 0 Å². The highest BCUT2D eigenvalue weighted by Gasteiger charge is 2.25. The second-order valence-corrected chi connectivity index (χ2v) is 5.46. The lowest BCUT2D eigenvalue weighted by Crippen LogP contribution is -2.28. The van der Waals surface area contributed by atoms with Crippen LogP contribution in [-0.2, 0) is 11.3 Å². The SMILES string of the molecule is CC(C)CCC(C)(CCc1ccccc1)OO. The first-order valence-electron chi connectivity index (χ1n) is 6.42. The van der Waals surface area contributed by atoms with Gasteiger partial charge in [-0.05, 0) is 44.1 Å². The van der Waals surface area contributed by atoms with Crippen molar-refractivity contribution in [2.45, 2.75) is 52.1 Å². The van der Waals surface area contributed by atoms with Gasteiger partial charge in [-0.25, -0.2) is 4.89 Å². The molecular formula is C15H24O2. The average Bonchev–Trinajstić information content (AvgIpc) is 2.35. The molecule has 96 valence electrons. The van der Waals surface area contributed by atoms with E-state index in [1.165, 1.54) is 5.56 Å². The van der Waals surface area contributed by atoms with E-state index in [0.717, 1.165) is 25.7 Å². The Morgan fingerprint density at radius 2 is 1.82 bits per heavy atom. The van der Waals surface area contributed by atoms with Crippen LogP contribution < -0.4 is 0 Å². The van der Waals surface area contributed by atoms with Crippen LogP contribution in [0.1, 0.15) is 45.6 Å². The van der Waals surface area contributed by atoms with Crippen LogP contribution in [0, 0.1) is 5.92 Å². The number of aryl methyl sites for hydroxylation is 1. The Bertz CT molecular complexity index is 308. The van der Waals surface area contributed by atoms with Crippen molar-refractivity contribution < 1.29 is 10.1 Å². The van der Waals surface area contributed by atoms with Crippen molar-refractivity contribution in [1.29, 1.82) is 0 Å². The highest BCUT2D eigenvalue weighted by Crippen LogP contribution is 2.25. The first-order valence-corrected chi connectivity index (χ1v) is 6.42. The van der Waals surface area contributed by atoms with Crippen LogP contribution >= 0.6 is 0 Å². The third-order valence-electron chi connectivity index (χ3n) is 3.26. The second kappa shape index (κ2) is 6.77. The van der Waals surface area contributed by atoms with Gasteiger partial charge in [-0.3, -0.25) is 5.26 Å². The highest BCUT2D eigenvalue weighted by molar-refractivity contribution is 5.15. The number of hydrogen-bond donors (Lipinski definition) is 1. The maximum absolute atomic E-state index is 9.08. The van der Waals surface area contributed by atoms with Crippen LogP contribution in [0.5, 0.6) is 0 Å². The van der Waals surface area contributed by atoms with Gasteiger partial charge in [0, 0.05) is 0 Å². The van der Waals surface area contributed by atoms with Gasteiger partial charge in [-0.2, -0.15) is 0 Å². The monoisotopic (exact) mass is 236 g/mol. The molecule has 0 radical (unpaired) electrons. The molecular weight excluding hydrogens is 212 g/mol. The molecule has 0 spiro atoms. The van der Waals surface area contributed by atoms with Crippen molar-refractivity contribution in [3.8, 4) is 0 Å². The maximum atomic E-state index is 9.08. The van der Waals surface area contributed by atoms with Crippen molar-refractivity contribution >= 4 is 0 Å². The van der Waals surface area contributed by atoms with Gasteiger partial charge in [0.15, 0.2) is 0 Å². The van der Waals surface area contributed by atoms with E-state index in [9.17, 15) is 0 Å². The largest absolute Gasteiger partial charge is 0.251 e. The molecule has 0 aliphatic rings. The molecule has 1 aromatic carbocycles. The van der Waals surface area contributed by atoms with Crippen molar-refractivity contribution in [2.75, 3.05) is 0 Å². The lowest BCUT2D eigenvalue weighted by molar-refractivity contribution is -0.322. The lowest BCUT2D eigenvalue weighted by Gasteiger charge is -2.26. The summed E-state index contributed by atoms with van der Waals surface area (Å²) in [6.45, 7) is 6.36.